The molecule has 1 N–H and O–H groups in total. The zero-order valence-corrected chi connectivity index (χ0v) is 12.8. The molecule has 1 amide bonds. The fourth-order valence-electron chi connectivity index (χ4n) is 2.18. The van der Waals surface area contributed by atoms with Crippen molar-refractivity contribution in [1.29, 1.82) is 0 Å². The third-order valence-electron chi connectivity index (χ3n) is 3.42. The van der Waals surface area contributed by atoms with Crippen molar-refractivity contribution >= 4 is 27.5 Å². The molecule has 0 aliphatic heterocycles. The van der Waals surface area contributed by atoms with Gasteiger partial charge in [-0.3, -0.25) is 18.5 Å². The molecule has 1 unspecified atom stereocenters. The minimum Gasteiger partial charge on any atom is -0.349 e. The molecule has 6 heteroatoms. The molecule has 0 bridgehead atoms. The van der Waals surface area contributed by atoms with Gasteiger partial charge in [0.1, 0.15) is 6.04 Å². The molecule has 3 rings (SSSR count). The lowest BCUT2D eigenvalue weighted by Crippen LogP contribution is -2.33. The fraction of sp³-hybridized carbons (Fsp3) is 0.188. The van der Waals surface area contributed by atoms with Gasteiger partial charge in [0.2, 0.25) is 5.91 Å². The molecule has 1 aromatic carbocycles. The maximum atomic E-state index is 12.3. The second-order valence-corrected chi connectivity index (χ2v) is 5.95. The van der Waals surface area contributed by atoms with Crippen LogP contribution in [0.15, 0.2) is 53.5 Å². The summed E-state index contributed by atoms with van der Waals surface area (Å²) in [5, 5.41) is 3.46. The number of hydrogen-bond donors (Lipinski definition) is 1. The van der Waals surface area contributed by atoms with E-state index in [0.29, 0.717) is 11.9 Å². The zero-order chi connectivity index (χ0) is 15.5. The van der Waals surface area contributed by atoms with Crippen LogP contribution in [0, 0.1) is 0 Å². The molecule has 2 heterocycles. The maximum Gasteiger partial charge on any atom is 0.269 e. The Morgan fingerprint density at radius 2 is 2.05 bits per heavy atom. The van der Waals surface area contributed by atoms with Gasteiger partial charge in [-0.05, 0) is 31.2 Å². The number of amides is 1. The van der Waals surface area contributed by atoms with Crippen molar-refractivity contribution in [1.82, 2.24) is 14.3 Å². The van der Waals surface area contributed by atoms with Crippen LogP contribution < -0.4 is 10.9 Å². The van der Waals surface area contributed by atoms with E-state index in [2.05, 4.69) is 10.3 Å². The summed E-state index contributed by atoms with van der Waals surface area (Å²) in [4.78, 5) is 28.7. The first kappa shape index (κ1) is 14.5. The number of pyridine rings is 1. The quantitative estimate of drug-likeness (QED) is 0.804. The zero-order valence-electron chi connectivity index (χ0n) is 12.0. The normalized spacial score (nSPS) is 12.2. The van der Waals surface area contributed by atoms with E-state index < -0.39 is 6.04 Å². The van der Waals surface area contributed by atoms with Gasteiger partial charge in [0, 0.05) is 6.20 Å². The molecule has 0 saturated carbocycles. The predicted molar refractivity (Wildman–Crippen MR) is 86.9 cm³/mol. The monoisotopic (exact) mass is 313 g/mol. The van der Waals surface area contributed by atoms with Crippen LogP contribution in [0.3, 0.4) is 0 Å². The van der Waals surface area contributed by atoms with E-state index in [0.717, 1.165) is 10.4 Å². The summed E-state index contributed by atoms with van der Waals surface area (Å²) >= 11 is 1.31. The van der Waals surface area contributed by atoms with E-state index in [1.54, 1.807) is 19.2 Å². The average molecular weight is 313 g/mol. The second kappa shape index (κ2) is 6.11. The SMILES string of the molecule is CC(C(=O)NCc1ccccn1)n1sc2ccccc2c1=O. The number of carbonyl (C=O) groups is 1. The molecule has 22 heavy (non-hydrogen) atoms. The first-order valence-electron chi connectivity index (χ1n) is 6.95. The van der Waals surface area contributed by atoms with Crippen LogP contribution in [0.1, 0.15) is 18.7 Å². The Balaban J connectivity index is 1.77. The van der Waals surface area contributed by atoms with Crippen molar-refractivity contribution in [3.63, 3.8) is 0 Å². The molecule has 3 aromatic rings. The van der Waals surface area contributed by atoms with E-state index in [-0.39, 0.29) is 11.5 Å². The Morgan fingerprint density at radius 3 is 2.77 bits per heavy atom. The van der Waals surface area contributed by atoms with E-state index in [9.17, 15) is 9.59 Å². The Hall–Kier alpha value is -2.47. The Morgan fingerprint density at radius 1 is 1.27 bits per heavy atom. The van der Waals surface area contributed by atoms with Gasteiger partial charge in [-0.1, -0.05) is 29.7 Å². The van der Waals surface area contributed by atoms with Gasteiger partial charge in [0.15, 0.2) is 0 Å². The molecule has 5 nitrogen and oxygen atoms in total. The van der Waals surface area contributed by atoms with E-state index >= 15 is 0 Å². The molecule has 112 valence electrons. The van der Waals surface area contributed by atoms with Crippen molar-refractivity contribution in [2.24, 2.45) is 0 Å². The average Bonchev–Trinajstić information content (AvgIpc) is 2.90. The smallest absolute Gasteiger partial charge is 0.269 e. The van der Waals surface area contributed by atoms with Gasteiger partial charge in [-0.15, -0.1) is 0 Å². The van der Waals surface area contributed by atoms with Crippen molar-refractivity contribution in [2.75, 3.05) is 0 Å². The third kappa shape index (κ3) is 2.78. The lowest BCUT2D eigenvalue weighted by Gasteiger charge is -2.11. The van der Waals surface area contributed by atoms with Gasteiger partial charge in [-0.2, -0.15) is 0 Å². The highest BCUT2D eigenvalue weighted by Gasteiger charge is 2.19. The third-order valence-corrected chi connectivity index (χ3v) is 4.65. The summed E-state index contributed by atoms with van der Waals surface area (Å²) in [6, 6.07) is 12.4. The Kier molecular flexibility index (Phi) is 4.02. The second-order valence-electron chi connectivity index (χ2n) is 4.93. The van der Waals surface area contributed by atoms with Crippen LogP contribution in [0.4, 0.5) is 0 Å². The highest BCUT2D eigenvalue weighted by atomic mass is 32.1. The van der Waals surface area contributed by atoms with Crippen LogP contribution in [0.25, 0.3) is 10.1 Å². The van der Waals surface area contributed by atoms with E-state index in [1.165, 1.54) is 15.5 Å². The number of aromatic nitrogens is 2. The number of carbonyl (C=O) groups excluding carboxylic acids is 1. The number of hydrogen-bond acceptors (Lipinski definition) is 4. The maximum absolute atomic E-state index is 12.3. The van der Waals surface area contributed by atoms with Crippen molar-refractivity contribution in [2.45, 2.75) is 19.5 Å². The van der Waals surface area contributed by atoms with Gasteiger partial charge in [0.05, 0.1) is 22.3 Å². The predicted octanol–water partition coefficient (Wildman–Crippen LogP) is 2.34. The number of rotatable bonds is 4. The molecular formula is C16H15N3O2S. The molecule has 0 radical (unpaired) electrons. The summed E-state index contributed by atoms with van der Waals surface area (Å²) in [6.45, 7) is 2.08. The largest absolute Gasteiger partial charge is 0.349 e. The molecule has 1 atom stereocenters. The Bertz CT molecular complexity index is 854. The van der Waals surface area contributed by atoms with Gasteiger partial charge >= 0.3 is 0 Å². The van der Waals surface area contributed by atoms with Crippen LogP contribution in [0.5, 0.6) is 0 Å². The standard InChI is InChI=1S/C16H15N3O2S/c1-11(15(20)18-10-12-6-4-5-9-17-12)19-16(21)13-7-2-3-8-14(13)22-19/h2-9,11H,10H2,1H3,(H,18,20). The van der Waals surface area contributed by atoms with Crippen LogP contribution in [-0.2, 0) is 11.3 Å². The molecule has 0 fully saturated rings. The summed E-state index contributed by atoms with van der Waals surface area (Å²) in [5.74, 6) is -0.195. The molecule has 0 aliphatic carbocycles. The van der Waals surface area contributed by atoms with Gasteiger partial charge in [0.25, 0.3) is 5.56 Å². The molecule has 0 aliphatic rings. The lowest BCUT2D eigenvalue weighted by atomic mass is 10.2. The highest BCUT2D eigenvalue weighted by molar-refractivity contribution is 7.14. The first-order chi connectivity index (χ1) is 10.7. The summed E-state index contributed by atoms with van der Waals surface area (Å²) < 4.78 is 2.40. The minimum atomic E-state index is -0.548. The summed E-state index contributed by atoms with van der Waals surface area (Å²) in [6.07, 6.45) is 1.68. The summed E-state index contributed by atoms with van der Waals surface area (Å²) in [7, 11) is 0. The molecule has 2 aromatic heterocycles. The van der Waals surface area contributed by atoms with Crippen molar-refractivity contribution in [3.8, 4) is 0 Å². The fourth-order valence-corrected chi connectivity index (χ4v) is 3.22. The van der Waals surface area contributed by atoms with Crippen molar-refractivity contribution < 1.29 is 4.79 Å². The number of nitrogens with zero attached hydrogens (tertiary/aromatic N) is 2. The molecular weight excluding hydrogens is 298 g/mol. The number of benzene rings is 1. The number of nitrogens with one attached hydrogen (secondary N) is 1. The number of fused-ring (bicyclic) bond motifs is 1. The molecule has 0 saturated heterocycles. The van der Waals surface area contributed by atoms with E-state index in [4.69, 9.17) is 0 Å². The van der Waals surface area contributed by atoms with Gasteiger partial charge in [-0.25, -0.2) is 0 Å². The Labute approximate surface area is 131 Å². The topological polar surface area (TPSA) is 64.0 Å². The highest BCUT2D eigenvalue weighted by Crippen LogP contribution is 2.19. The van der Waals surface area contributed by atoms with Crippen LogP contribution in [-0.4, -0.2) is 14.8 Å². The van der Waals surface area contributed by atoms with Crippen LogP contribution >= 0.6 is 11.5 Å². The van der Waals surface area contributed by atoms with Gasteiger partial charge < -0.3 is 5.32 Å². The minimum absolute atomic E-state index is 0.124. The van der Waals surface area contributed by atoms with E-state index in [1.807, 2.05) is 36.4 Å². The first-order valence-corrected chi connectivity index (χ1v) is 7.72. The summed E-state index contributed by atoms with van der Waals surface area (Å²) in [5.41, 5.74) is 0.660. The molecule has 0 spiro atoms. The van der Waals surface area contributed by atoms with Crippen LogP contribution in [0.2, 0.25) is 0 Å². The van der Waals surface area contributed by atoms with Crippen molar-refractivity contribution in [3.05, 3.63) is 64.7 Å². The lowest BCUT2D eigenvalue weighted by molar-refractivity contribution is -0.123.